The van der Waals surface area contributed by atoms with Crippen molar-refractivity contribution in [3.05, 3.63) is 88.2 Å². The molecule has 1 fully saturated rings. The zero-order valence-electron chi connectivity index (χ0n) is 19.7. The fourth-order valence-corrected chi connectivity index (χ4v) is 4.70. The molecule has 0 aromatic heterocycles. The van der Waals surface area contributed by atoms with Crippen LogP contribution in [-0.4, -0.2) is 0 Å². The first kappa shape index (κ1) is 27.8. The topological polar surface area (TPSA) is 9.23 Å². The van der Waals surface area contributed by atoms with Crippen molar-refractivity contribution in [2.24, 2.45) is 5.92 Å². The number of hydrogen-bond donors (Lipinski definition) is 0. The molecular formula is C27H20F10O. The van der Waals surface area contributed by atoms with Crippen LogP contribution in [-0.2, 0) is 12.3 Å². The van der Waals surface area contributed by atoms with Crippen molar-refractivity contribution in [1.82, 2.24) is 0 Å². The first-order valence-corrected chi connectivity index (χ1v) is 11.6. The van der Waals surface area contributed by atoms with Crippen molar-refractivity contribution in [2.75, 3.05) is 0 Å². The van der Waals surface area contributed by atoms with Gasteiger partial charge in [0.05, 0.1) is 0 Å². The molecule has 0 N–H and O–H groups in total. The molecular weight excluding hydrogens is 530 g/mol. The lowest BCUT2D eigenvalue weighted by Gasteiger charge is -2.26. The molecule has 4 rings (SSSR count). The van der Waals surface area contributed by atoms with Gasteiger partial charge in [-0.2, -0.15) is 22.0 Å². The molecule has 0 spiro atoms. The molecule has 1 nitrogen and oxygen atoms in total. The maximum absolute atomic E-state index is 14.9. The van der Waals surface area contributed by atoms with E-state index in [2.05, 4.69) is 11.7 Å². The maximum Gasteiger partial charge on any atom is 0.432 e. The number of benzene rings is 3. The summed E-state index contributed by atoms with van der Waals surface area (Å²) in [4.78, 5) is 0. The van der Waals surface area contributed by atoms with Crippen molar-refractivity contribution in [3.63, 3.8) is 0 Å². The molecule has 1 aliphatic carbocycles. The van der Waals surface area contributed by atoms with E-state index in [0.717, 1.165) is 25.7 Å². The molecule has 3 aromatic rings. The van der Waals surface area contributed by atoms with Gasteiger partial charge in [0.25, 0.3) is 0 Å². The van der Waals surface area contributed by atoms with Crippen LogP contribution in [0.2, 0.25) is 0 Å². The first-order valence-electron chi connectivity index (χ1n) is 11.6. The fourth-order valence-electron chi connectivity index (χ4n) is 4.70. The van der Waals surface area contributed by atoms with Gasteiger partial charge < -0.3 is 4.74 Å². The van der Waals surface area contributed by atoms with E-state index >= 15 is 0 Å². The smallest absolute Gasteiger partial charge is 0.429 e. The summed E-state index contributed by atoms with van der Waals surface area (Å²) in [6, 6.07) is 4.63. The number of ether oxygens (including phenoxy) is 1. The summed E-state index contributed by atoms with van der Waals surface area (Å²) in [5, 5.41) is 0. The quantitative estimate of drug-likeness (QED) is 0.288. The van der Waals surface area contributed by atoms with Gasteiger partial charge in [-0.05, 0) is 54.0 Å². The minimum absolute atomic E-state index is 0.126. The van der Waals surface area contributed by atoms with E-state index in [4.69, 9.17) is 0 Å². The molecule has 0 unspecified atom stereocenters. The fraction of sp³-hybridized carbons (Fsp3) is 0.333. The van der Waals surface area contributed by atoms with Crippen LogP contribution in [0.4, 0.5) is 43.9 Å². The van der Waals surface area contributed by atoms with Gasteiger partial charge in [0.2, 0.25) is 0 Å². The van der Waals surface area contributed by atoms with Crippen molar-refractivity contribution in [3.8, 4) is 16.9 Å². The molecule has 3 aromatic carbocycles. The molecule has 1 saturated carbocycles. The van der Waals surface area contributed by atoms with E-state index < -0.39 is 63.8 Å². The Labute approximate surface area is 211 Å². The summed E-state index contributed by atoms with van der Waals surface area (Å²) in [5.41, 5.74) is -4.26. The highest BCUT2D eigenvalue weighted by molar-refractivity contribution is 5.65. The van der Waals surface area contributed by atoms with E-state index in [1.165, 1.54) is 12.1 Å². The Morgan fingerprint density at radius 1 is 0.658 bits per heavy atom. The van der Waals surface area contributed by atoms with Crippen LogP contribution in [0.1, 0.15) is 55.2 Å². The molecule has 0 aliphatic heterocycles. The Bertz CT molecular complexity index is 1290. The molecule has 11 heteroatoms. The van der Waals surface area contributed by atoms with E-state index in [1.54, 1.807) is 6.07 Å². The van der Waals surface area contributed by atoms with Crippen LogP contribution >= 0.6 is 0 Å². The Morgan fingerprint density at radius 2 is 1.18 bits per heavy atom. The van der Waals surface area contributed by atoms with Crippen LogP contribution in [0, 0.1) is 35.0 Å². The Balaban J connectivity index is 1.62. The van der Waals surface area contributed by atoms with Crippen molar-refractivity contribution < 1.29 is 48.6 Å². The van der Waals surface area contributed by atoms with Gasteiger partial charge in [-0.3, -0.25) is 0 Å². The number of rotatable bonds is 5. The lowest BCUT2D eigenvalue weighted by Crippen LogP contribution is -2.25. The van der Waals surface area contributed by atoms with Crippen LogP contribution in [0.15, 0.2) is 42.5 Å². The zero-order valence-corrected chi connectivity index (χ0v) is 19.7. The summed E-state index contributed by atoms with van der Waals surface area (Å²) in [6.07, 6.45) is -6.68. The molecule has 0 bridgehead atoms. The average molecular weight is 550 g/mol. The lowest BCUT2D eigenvalue weighted by atomic mass is 9.79. The summed E-state index contributed by atoms with van der Waals surface area (Å²) in [5.74, 6) is -9.83. The van der Waals surface area contributed by atoms with Gasteiger partial charge in [0.1, 0.15) is 46.0 Å². The second kappa shape index (κ2) is 10.1. The number of halogens is 10. The largest absolute Gasteiger partial charge is 0.432 e. The van der Waals surface area contributed by atoms with E-state index in [1.807, 2.05) is 0 Å². The first-order chi connectivity index (χ1) is 17.7. The zero-order chi connectivity index (χ0) is 28.0. The summed E-state index contributed by atoms with van der Waals surface area (Å²) < 4.78 is 143. The predicted octanol–water partition coefficient (Wildman–Crippen LogP) is 9.49. The third-order valence-electron chi connectivity index (χ3n) is 6.67. The van der Waals surface area contributed by atoms with Gasteiger partial charge >= 0.3 is 12.3 Å². The Hall–Kier alpha value is -3.24. The monoisotopic (exact) mass is 550 g/mol. The third-order valence-corrected chi connectivity index (χ3v) is 6.67. The summed E-state index contributed by atoms with van der Waals surface area (Å²) in [6.45, 7) is 2.13. The molecule has 204 valence electrons. The number of hydrogen-bond acceptors (Lipinski definition) is 1. The van der Waals surface area contributed by atoms with Gasteiger partial charge in [-0.15, -0.1) is 0 Å². The molecule has 0 atom stereocenters. The van der Waals surface area contributed by atoms with Crippen molar-refractivity contribution in [2.45, 2.75) is 50.8 Å². The van der Waals surface area contributed by atoms with E-state index in [-0.39, 0.29) is 23.6 Å². The minimum Gasteiger partial charge on any atom is -0.429 e. The second-order valence-corrected chi connectivity index (χ2v) is 9.39. The molecule has 0 radical (unpaired) electrons. The van der Waals surface area contributed by atoms with Gasteiger partial charge in [0.15, 0.2) is 0 Å². The Kier molecular flexibility index (Phi) is 7.42. The average Bonchev–Trinajstić information content (AvgIpc) is 2.77. The third kappa shape index (κ3) is 5.61. The molecule has 0 saturated heterocycles. The maximum atomic E-state index is 14.9. The van der Waals surface area contributed by atoms with Gasteiger partial charge in [-0.25, -0.2) is 22.0 Å². The highest BCUT2D eigenvalue weighted by Gasteiger charge is 2.43. The second-order valence-electron chi connectivity index (χ2n) is 9.39. The minimum atomic E-state index is -5.47. The lowest BCUT2D eigenvalue weighted by molar-refractivity contribution is -0.189. The highest BCUT2D eigenvalue weighted by atomic mass is 19.4. The molecule has 0 amide bonds. The Morgan fingerprint density at radius 3 is 1.68 bits per heavy atom. The van der Waals surface area contributed by atoms with Crippen LogP contribution in [0.3, 0.4) is 0 Å². The summed E-state index contributed by atoms with van der Waals surface area (Å²) >= 11 is 0. The van der Waals surface area contributed by atoms with Crippen molar-refractivity contribution >= 4 is 0 Å². The standard InChI is InChI=1S/C27H20F10O/c1-13-2-4-14(5-3-13)15-6-7-18(19(28)8-15)16-9-20(29)25(21(30)10-16)27(36,37)38-17-11-22(31)24(23(32)12-17)26(33,34)35/h6-14H,2-5H2,1H3. The normalized spacial score (nSPS) is 18.5. The van der Waals surface area contributed by atoms with Gasteiger partial charge in [0, 0.05) is 17.7 Å². The van der Waals surface area contributed by atoms with E-state index in [9.17, 15) is 43.9 Å². The van der Waals surface area contributed by atoms with Gasteiger partial charge in [-0.1, -0.05) is 31.9 Å². The SMILES string of the molecule is CC1CCC(c2ccc(-c3cc(F)c(C(F)(F)Oc4cc(F)c(C(F)(F)F)c(F)c4)c(F)c3)c(F)c2)CC1. The molecule has 38 heavy (non-hydrogen) atoms. The van der Waals surface area contributed by atoms with Crippen LogP contribution < -0.4 is 4.74 Å². The van der Waals surface area contributed by atoms with Crippen LogP contribution in [0.5, 0.6) is 5.75 Å². The number of alkyl halides is 5. The predicted molar refractivity (Wildman–Crippen MR) is 118 cm³/mol. The molecule has 0 heterocycles. The van der Waals surface area contributed by atoms with E-state index in [0.29, 0.717) is 23.6 Å². The summed E-state index contributed by atoms with van der Waals surface area (Å²) in [7, 11) is 0. The highest BCUT2D eigenvalue weighted by Crippen LogP contribution is 2.41. The van der Waals surface area contributed by atoms with Crippen molar-refractivity contribution in [1.29, 1.82) is 0 Å². The van der Waals surface area contributed by atoms with Crippen LogP contribution in [0.25, 0.3) is 11.1 Å². The molecule has 1 aliphatic rings.